The average Bonchev–Trinajstić information content (AvgIpc) is 2.48. The summed E-state index contributed by atoms with van der Waals surface area (Å²) in [5.74, 6) is 0.566. The number of hydrogen-bond donors (Lipinski definition) is 2. The van der Waals surface area contributed by atoms with E-state index in [0.717, 1.165) is 9.13 Å². The van der Waals surface area contributed by atoms with Crippen LogP contribution in [0.1, 0.15) is 15.9 Å². The highest BCUT2D eigenvalue weighted by Crippen LogP contribution is 2.21. The first kappa shape index (κ1) is 15.8. The molecule has 0 aromatic heterocycles. The van der Waals surface area contributed by atoms with E-state index in [2.05, 4.69) is 27.9 Å². The maximum Gasteiger partial charge on any atom is 0.256 e. The summed E-state index contributed by atoms with van der Waals surface area (Å²) in [6, 6.07) is 13.0. The minimum Gasteiger partial charge on any atom is -0.492 e. The Hall–Kier alpha value is -1.60. The molecule has 0 aliphatic carbocycles. The van der Waals surface area contributed by atoms with Crippen molar-refractivity contribution in [2.24, 2.45) is 5.73 Å². The first-order valence-corrected chi connectivity index (χ1v) is 7.69. The smallest absolute Gasteiger partial charge is 0.256 e. The number of anilines is 1. The van der Waals surface area contributed by atoms with E-state index < -0.39 is 0 Å². The van der Waals surface area contributed by atoms with Crippen molar-refractivity contribution in [1.82, 2.24) is 0 Å². The van der Waals surface area contributed by atoms with E-state index in [1.807, 2.05) is 43.3 Å². The van der Waals surface area contributed by atoms with Gasteiger partial charge in [-0.3, -0.25) is 4.79 Å². The zero-order valence-electron chi connectivity index (χ0n) is 11.7. The van der Waals surface area contributed by atoms with Gasteiger partial charge in [0.15, 0.2) is 0 Å². The molecule has 0 unspecified atom stereocenters. The summed E-state index contributed by atoms with van der Waals surface area (Å²) < 4.78 is 6.41. The Bertz CT molecular complexity index is 644. The van der Waals surface area contributed by atoms with Crippen LogP contribution in [0.2, 0.25) is 0 Å². The highest BCUT2D eigenvalue weighted by Gasteiger charge is 2.11. The van der Waals surface area contributed by atoms with Crippen LogP contribution in [0.15, 0.2) is 42.5 Å². The highest BCUT2D eigenvalue weighted by atomic mass is 127. The molecule has 1 amide bonds. The molecule has 0 saturated heterocycles. The van der Waals surface area contributed by atoms with Crippen LogP contribution in [-0.4, -0.2) is 19.1 Å². The van der Waals surface area contributed by atoms with Crippen LogP contribution < -0.4 is 15.8 Å². The Morgan fingerprint density at radius 1 is 1.29 bits per heavy atom. The molecule has 0 spiro atoms. The van der Waals surface area contributed by atoms with Crippen molar-refractivity contribution in [3.8, 4) is 5.75 Å². The van der Waals surface area contributed by atoms with E-state index in [-0.39, 0.29) is 5.91 Å². The van der Waals surface area contributed by atoms with E-state index in [4.69, 9.17) is 10.5 Å². The average molecular weight is 396 g/mol. The zero-order chi connectivity index (χ0) is 15.2. The van der Waals surface area contributed by atoms with Gasteiger partial charge in [-0.05, 0) is 53.3 Å². The Morgan fingerprint density at radius 3 is 2.81 bits per heavy atom. The fourth-order valence-corrected chi connectivity index (χ4v) is 2.47. The molecule has 0 fully saturated rings. The number of halogens is 1. The van der Waals surface area contributed by atoms with E-state index in [0.29, 0.717) is 30.2 Å². The first-order chi connectivity index (χ1) is 10.1. The van der Waals surface area contributed by atoms with Gasteiger partial charge in [0.1, 0.15) is 12.4 Å². The number of amides is 1. The van der Waals surface area contributed by atoms with E-state index in [1.54, 1.807) is 6.07 Å². The van der Waals surface area contributed by atoms with Gasteiger partial charge < -0.3 is 15.8 Å². The second-order valence-corrected chi connectivity index (χ2v) is 5.63. The minimum absolute atomic E-state index is 0.126. The third-order valence-corrected chi connectivity index (χ3v) is 4.35. The van der Waals surface area contributed by atoms with Crippen molar-refractivity contribution in [3.63, 3.8) is 0 Å². The molecule has 2 rings (SSSR count). The van der Waals surface area contributed by atoms with Crippen LogP contribution in [-0.2, 0) is 0 Å². The standard InChI is InChI=1S/C16H17IN2O2/c1-11-4-2-7-14(15(11)17)16(20)19-12-5-3-6-13(10-12)21-9-8-18/h2-7,10H,8-9,18H2,1H3,(H,19,20). The molecule has 21 heavy (non-hydrogen) atoms. The predicted molar refractivity (Wildman–Crippen MR) is 92.8 cm³/mol. The summed E-state index contributed by atoms with van der Waals surface area (Å²) in [4.78, 5) is 12.3. The Morgan fingerprint density at radius 2 is 2.05 bits per heavy atom. The topological polar surface area (TPSA) is 64.3 Å². The lowest BCUT2D eigenvalue weighted by molar-refractivity contribution is 0.102. The summed E-state index contributed by atoms with van der Waals surface area (Å²) in [6.45, 7) is 2.89. The summed E-state index contributed by atoms with van der Waals surface area (Å²) in [5, 5.41) is 2.89. The van der Waals surface area contributed by atoms with Crippen molar-refractivity contribution in [2.75, 3.05) is 18.5 Å². The summed E-state index contributed by atoms with van der Waals surface area (Å²) in [7, 11) is 0. The number of nitrogens with one attached hydrogen (secondary N) is 1. The van der Waals surface area contributed by atoms with E-state index in [1.165, 1.54) is 0 Å². The third kappa shape index (κ3) is 4.18. The number of benzene rings is 2. The van der Waals surface area contributed by atoms with Gasteiger partial charge in [-0.2, -0.15) is 0 Å². The lowest BCUT2D eigenvalue weighted by Gasteiger charge is -2.10. The van der Waals surface area contributed by atoms with Crippen molar-refractivity contribution in [2.45, 2.75) is 6.92 Å². The number of nitrogens with two attached hydrogens (primary N) is 1. The third-order valence-electron chi connectivity index (χ3n) is 2.91. The first-order valence-electron chi connectivity index (χ1n) is 6.61. The molecule has 2 aromatic rings. The SMILES string of the molecule is Cc1cccc(C(=O)Nc2cccc(OCCN)c2)c1I. The Kier molecular flexibility index (Phi) is 5.58. The number of aryl methyl sites for hydroxylation is 1. The number of rotatable bonds is 5. The molecule has 2 aromatic carbocycles. The van der Waals surface area contributed by atoms with E-state index >= 15 is 0 Å². The fraction of sp³-hybridized carbons (Fsp3) is 0.188. The van der Waals surface area contributed by atoms with Crippen molar-refractivity contribution in [3.05, 3.63) is 57.2 Å². The van der Waals surface area contributed by atoms with Crippen LogP contribution in [0.25, 0.3) is 0 Å². The van der Waals surface area contributed by atoms with Gasteiger partial charge in [0.05, 0.1) is 5.56 Å². The molecule has 0 heterocycles. The summed E-state index contributed by atoms with van der Waals surface area (Å²) >= 11 is 2.19. The molecule has 0 saturated carbocycles. The maximum atomic E-state index is 12.3. The number of carbonyl (C=O) groups is 1. The summed E-state index contributed by atoms with van der Waals surface area (Å²) in [5.41, 5.74) is 7.86. The predicted octanol–water partition coefficient (Wildman–Crippen LogP) is 3.19. The van der Waals surface area contributed by atoms with Crippen LogP contribution in [0, 0.1) is 10.5 Å². The molecule has 0 bridgehead atoms. The maximum absolute atomic E-state index is 12.3. The van der Waals surface area contributed by atoms with Gasteiger partial charge in [0.25, 0.3) is 5.91 Å². The fourth-order valence-electron chi connectivity index (χ4n) is 1.86. The van der Waals surface area contributed by atoms with Gasteiger partial charge in [-0.15, -0.1) is 0 Å². The number of carbonyl (C=O) groups excluding carboxylic acids is 1. The molecule has 0 radical (unpaired) electrons. The molecular formula is C16H17IN2O2. The Labute approximate surface area is 137 Å². The molecule has 0 aliphatic rings. The highest BCUT2D eigenvalue weighted by molar-refractivity contribution is 14.1. The van der Waals surface area contributed by atoms with E-state index in [9.17, 15) is 4.79 Å². The van der Waals surface area contributed by atoms with Crippen LogP contribution in [0.5, 0.6) is 5.75 Å². The molecule has 3 N–H and O–H groups in total. The van der Waals surface area contributed by atoms with Gasteiger partial charge in [-0.1, -0.05) is 18.2 Å². The van der Waals surface area contributed by atoms with Gasteiger partial charge in [0.2, 0.25) is 0 Å². The van der Waals surface area contributed by atoms with Crippen molar-refractivity contribution in [1.29, 1.82) is 0 Å². The Balaban J connectivity index is 2.14. The second-order valence-electron chi connectivity index (χ2n) is 4.56. The molecule has 4 nitrogen and oxygen atoms in total. The van der Waals surface area contributed by atoms with Gasteiger partial charge in [0, 0.05) is 21.9 Å². The molecular weight excluding hydrogens is 379 g/mol. The van der Waals surface area contributed by atoms with Gasteiger partial charge >= 0.3 is 0 Å². The largest absolute Gasteiger partial charge is 0.492 e. The zero-order valence-corrected chi connectivity index (χ0v) is 13.9. The molecule has 0 aliphatic heterocycles. The molecule has 5 heteroatoms. The lowest BCUT2D eigenvalue weighted by Crippen LogP contribution is -2.14. The normalized spacial score (nSPS) is 10.2. The number of ether oxygens (including phenoxy) is 1. The number of hydrogen-bond acceptors (Lipinski definition) is 3. The second kappa shape index (κ2) is 7.42. The van der Waals surface area contributed by atoms with Crippen LogP contribution in [0.3, 0.4) is 0 Å². The lowest BCUT2D eigenvalue weighted by atomic mass is 10.1. The minimum atomic E-state index is -0.126. The summed E-state index contributed by atoms with van der Waals surface area (Å²) in [6.07, 6.45) is 0. The van der Waals surface area contributed by atoms with Crippen molar-refractivity contribution < 1.29 is 9.53 Å². The van der Waals surface area contributed by atoms with Gasteiger partial charge in [-0.25, -0.2) is 0 Å². The van der Waals surface area contributed by atoms with Crippen LogP contribution >= 0.6 is 22.6 Å². The molecule has 110 valence electrons. The monoisotopic (exact) mass is 396 g/mol. The molecule has 0 atom stereocenters. The quantitative estimate of drug-likeness (QED) is 0.764. The van der Waals surface area contributed by atoms with Crippen LogP contribution in [0.4, 0.5) is 5.69 Å². The van der Waals surface area contributed by atoms with Crippen molar-refractivity contribution >= 4 is 34.2 Å².